The van der Waals surface area contributed by atoms with E-state index in [2.05, 4.69) is 16.7 Å². The number of anilines is 1. The minimum atomic E-state index is -4.54. The van der Waals surface area contributed by atoms with Crippen molar-refractivity contribution in [1.82, 2.24) is 5.32 Å². The molecule has 2 aromatic carbocycles. The predicted octanol–water partition coefficient (Wildman–Crippen LogP) is 4.52. The molecule has 0 aromatic heterocycles. The number of aromatic hydroxyl groups is 1. The lowest BCUT2D eigenvalue weighted by Gasteiger charge is -2.25. The van der Waals surface area contributed by atoms with Crippen molar-refractivity contribution in [3.05, 3.63) is 64.2 Å². The monoisotopic (exact) mass is 491 g/mol. The molecule has 2 aromatic rings. The average molecular weight is 491 g/mol. The largest absolute Gasteiger partial charge is 0.504 e. The van der Waals surface area contributed by atoms with E-state index in [1.807, 2.05) is 0 Å². The summed E-state index contributed by atoms with van der Waals surface area (Å²) < 4.78 is 44.0. The molecule has 0 spiro atoms. The summed E-state index contributed by atoms with van der Waals surface area (Å²) in [6, 6.07) is 10.9. The van der Waals surface area contributed by atoms with Crippen molar-refractivity contribution in [2.75, 3.05) is 17.7 Å². The third-order valence-electron chi connectivity index (χ3n) is 4.86. The second-order valence-corrected chi connectivity index (χ2v) is 8.22. The fourth-order valence-electron chi connectivity index (χ4n) is 3.34. The number of phenols is 1. The molecule has 0 saturated carbocycles. The van der Waals surface area contributed by atoms with E-state index in [0.717, 1.165) is 23.9 Å². The number of carbonyl (C=O) groups is 2. The van der Waals surface area contributed by atoms with Crippen molar-refractivity contribution in [3.63, 3.8) is 0 Å². The van der Waals surface area contributed by atoms with Gasteiger partial charge in [-0.1, -0.05) is 23.9 Å². The van der Waals surface area contributed by atoms with Crippen molar-refractivity contribution in [2.45, 2.75) is 25.4 Å². The molecule has 1 atom stereocenters. The van der Waals surface area contributed by atoms with E-state index in [1.165, 1.54) is 18.2 Å². The highest BCUT2D eigenvalue weighted by Gasteiger charge is 2.31. The number of nitrogens with one attached hydrogen (secondary N) is 2. The molecule has 1 aliphatic rings. The fraction of sp³-hybridized carbons (Fsp3) is 0.261. The molecule has 2 amide bonds. The lowest BCUT2D eigenvalue weighted by molar-refractivity contribution is -0.137. The zero-order valence-electron chi connectivity index (χ0n) is 17.9. The van der Waals surface area contributed by atoms with Crippen LogP contribution in [-0.2, 0) is 15.8 Å². The SMILES string of the molecule is CCOc1cc(C2CC(=O)NC(SCC(=O)Nc3cccc(C(F)(F)F)c3)=C2C#N)ccc1O. The van der Waals surface area contributed by atoms with Gasteiger partial charge in [0.25, 0.3) is 0 Å². The third-order valence-corrected chi connectivity index (χ3v) is 5.88. The number of nitriles is 1. The van der Waals surface area contributed by atoms with Crippen LogP contribution in [0.4, 0.5) is 18.9 Å². The number of rotatable bonds is 7. The van der Waals surface area contributed by atoms with Gasteiger partial charge < -0.3 is 20.5 Å². The van der Waals surface area contributed by atoms with E-state index in [1.54, 1.807) is 19.1 Å². The molecule has 34 heavy (non-hydrogen) atoms. The van der Waals surface area contributed by atoms with Crippen LogP contribution < -0.4 is 15.4 Å². The van der Waals surface area contributed by atoms with Crippen LogP contribution in [0.3, 0.4) is 0 Å². The van der Waals surface area contributed by atoms with Gasteiger partial charge in [-0.25, -0.2) is 0 Å². The number of hydrogen-bond acceptors (Lipinski definition) is 6. The maximum absolute atomic E-state index is 12.9. The summed E-state index contributed by atoms with van der Waals surface area (Å²) in [6.07, 6.45) is -4.56. The number of carbonyl (C=O) groups excluding carboxylic acids is 2. The summed E-state index contributed by atoms with van der Waals surface area (Å²) in [7, 11) is 0. The highest BCUT2D eigenvalue weighted by atomic mass is 32.2. The van der Waals surface area contributed by atoms with Crippen molar-refractivity contribution in [3.8, 4) is 17.6 Å². The third kappa shape index (κ3) is 6.02. The number of amides is 2. The van der Waals surface area contributed by atoms with Gasteiger partial charge in [-0.05, 0) is 42.8 Å². The van der Waals surface area contributed by atoms with Crippen molar-refractivity contribution >= 4 is 29.3 Å². The fourth-order valence-corrected chi connectivity index (χ4v) is 4.22. The van der Waals surface area contributed by atoms with Gasteiger partial charge in [0.15, 0.2) is 11.5 Å². The lowest BCUT2D eigenvalue weighted by Crippen LogP contribution is -2.31. The minimum Gasteiger partial charge on any atom is -0.504 e. The van der Waals surface area contributed by atoms with Crippen molar-refractivity contribution in [2.24, 2.45) is 0 Å². The molecular weight excluding hydrogens is 471 g/mol. The van der Waals surface area contributed by atoms with Crippen LogP contribution in [0.15, 0.2) is 53.1 Å². The number of alkyl halides is 3. The molecule has 0 bridgehead atoms. The average Bonchev–Trinajstić information content (AvgIpc) is 2.78. The summed E-state index contributed by atoms with van der Waals surface area (Å²) in [5.74, 6) is -1.69. The molecule has 1 heterocycles. The Balaban J connectivity index is 1.77. The molecule has 0 radical (unpaired) electrons. The number of ether oxygens (including phenoxy) is 1. The Hall–Kier alpha value is -3.65. The summed E-state index contributed by atoms with van der Waals surface area (Å²) in [5, 5.41) is 24.8. The Morgan fingerprint density at radius 2 is 2.09 bits per heavy atom. The highest BCUT2D eigenvalue weighted by Crippen LogP contribution is 2.39. The van der Waals surface area contributed by atoms with E-state index < -0.39 is 23.6 Å². The van der Waals surface area contributed by atoms with Gasteiger partial charge >= 0.3 is 6.18 Å². The first-order valence-corrected chi connectivity index (χ1v) is 11.1. The van der Waals surface area contributed by atoms with Crippen LogP contribution in [0.2, 0.25) is 0 Å². The summed E-state index contributed by atoms with van der Waals surface area (Å²) in [5.41, 5.74) is -0.105. The molecule has 3 N–H and O–H groups in total. The van der Waals surface area contributed by atoms with Gasteiger partial charge in [0.1, 0.15) is 0 Å². The van der Waals surface area contributed by atoms with Crippen LogP contribution in [0.5, 0.6) is 11.5 Å². The molecule has 178 valence electrons. The van der Waals surface area contributed by atoms with Gasteiger partial charge in [-0.3, -0.25) is 9.59 Å². The molecule has 1 unspecified atom stereocenters. The minimum absolute atomic E-state index is 0.0142. The Kier molecular flexibility index (Phi) is 7.73. The molecule has 0 saturated heterocycles. The Morgan fingerprint density at radius 3 is 2.76 bits per heavy atom. The zero-order chi connectivity index (χ0) is 24.9. The summed E-state index contributed by atoms with van der Waals surface area (Å²) in [6.45, 7) is 2.06. The lowest BCUT2D eigenvalue weighted by atomic mass is 9.87. The van der Waals surface area contributed by atoms with Gasteiger partial charge in [-0.2, -0.15) is 18.4 Å². The van der Waals surface area contributed by atoms with E-state index in [9.17, 15) is 33.1 Å². The molecule has 7 nitrogen and oxygen atoms in total. The highest BCUT2D eigenvalue weighted by molar-refractivity contribution is 8.03. The van der Waals surface area contributed by atoms with Gasteiger partial charge in [0.2, 0.25) is 11.8 Å². The first-order chi connectivity index (χ1) is 16.1. The van der Waals surface area contributed by atoms with E-state index in [4.69, 9.17) is 4.74 Å². The summed E-state index contributed by atoms with van der Waals surface area (Å²) in [4.78, 5) is 24.6. The number of thioether (sulfide) groups is 1. The Morgan fingerprint density at radius 1 is 1.32 bits per heavy atom. The maximum atomic E-state index is 12.9. The first kappa shape index (κ1) is 25.0. The number of halogens is 3. The number of benzene rings is 2. The molecule has 11 heteroatoms. The standard InChI is InChI=1S/C23H20F3N3O4S/c1-2-33-19-8-13(6-7-18(19)30)16-10-20(31)29-22(17(16)11-27)34-12-21(32)28-15-5-3-4-14(9-15)23(24,25)26/h3-9,16,30H,2,10,12H2,1H3,(H,28,32)(H,29,31). The smallest absolute Gasteiger partial charge is 0.416 e. The number of phenolic OH excluding ortho intramolecular Hbond substituents is 1. The van der Waals surface area contributed by atoms with E-state index >= 15 is 0 Å². The molecule has 0 aliphatic carbocycles. The Bertz CT molecular complexity index is 1170. The number of nitrogens with zero attached hydrogens (tertiary/aromatic N) is 1. The predicted molar refractivity (Wildman–Crippen MR) is 120 cm³/mol. The zero-order valence-corrected chi connectivity index (χ0v) is 18.7. The molecular formula is C23H20F3N3O4S. The first-order valence-electron chi connectivity index (χ1n) is 10.1. The number of hydrogen-bond donors (Lipinski definition) is 3. The normalized spacial score (nSPS) is 16.0. The van der Waals surface area contributed by atoms with Crippen molar-refractivity contribution < 1.29 is 32.6 Å². The Labute approximate surface area is 197 Å². The maximum Gasteiger partial charge on any atom is 0.416 e. The van der Waals surface area contributed by atoms with Crippen LogP contribution in [0, 0.1) is 11.3 Å². The van der Waals surface area contributed by atoms with Gasteiger partial charge in [0, 0.05) is 18.0 Å². The second kappa shape index (κ2) is 10.5. The van der Waals surface area contributed by atoms with E-state index in [-0.39, 0.29) is 45.9 Å². The number of allylic oxidation sites excluding steroid dienone is 1. The van der Waals surface area contributed by atoms with Crippen molar-refractivity contribution in [1.29, 1.82) is 5.26 Å². The van der Waals surface area contributed by atoms with Crippen LogP contribution in [0.25, 0.3) is 0 Å². The van der Waals surface area contributed by atoms with Crippen LogP contribution in [-0.4, -0.2) is 29.3 Å². The quantitative estimate of drug-likeness (QED) is 0.525. The van der Waals surface area contributed by atoms with Gasteiger partial charge in [-0.15, -0.1) is 0 Å². The van der Waals surface area contributed by atoms with E-state index in [0.29, 0.717) is 12.2 Å². The second-order valence-electron chi connectivity index (χ2n) is 7.24. The van der Waals surface area contributed by atoms with Crippen LogP contribution >= 0.6 is 11.8 Å². The molecule has 0 fully saturated rings. The van der Waals surface area contributed by atoms with Crippen LogP contribution in [0.1, 0.15) is 30.4 Å². The molecule has 3 rings (SSSR count). The summed E-state index contributed by atoms with van der Waals surface area (Å²) >= 11 is 0.897. The topological polar surface area (TPSA) is 111 Å². The van der Waals surface area contributed by atoms with Gasteiger partial charge in [0.05, 0.1) is 34.6 Å². The molecule has 1 aliphatic heterocycles.